The number of rotatable bonds is 5. The lowest BCUT2D eigenvalue weighted by Crippen LogP contribution is -2.08. The normalized spacial score (nSPS) is 11.1. The molecule has 0 atom stereocenters. The number of halogens is 2. The molecule has 4 nitrogen and oxygen atoms in total. The van der Waals surface area contributed by atoms with Crippen LogP contribution in [0.3, 0.4) is 0 Å². The number of hydrogen-bond acceptors (Lipinski definition) is 5. The first-order valence-electron chi connectivity index (χ1n) is 9.53. The van der Waals surface area contributed by atoms with Gasteiger partial charge in [-0.1, -0.05) is 44.0 Å². The van der Waals surface area contributed by atoms with Crippen molar-refractivity contribution in [1.82, 2.24) is 4.98 Å². The van der Waals surface area contributed by atoms with E-state index in [2.05, 4.69) is 36.8 Å². The van der Waals surface area contributed by atoms with Crippen molar-refractivity contribution in [2.45, 2.75) is 20.3 Å². The van der Waals surface area contributed by atoms with Gasteiger partial charge in [-0.05, 0) is 61.4 Å². The summed E-state index contributed by atoms with van der Waals surface area (Å²) in [4.78, 5) is 31.8. The number of nitrogen functional groups attached to an aromatic ring is 1. The zero-order chi connectivity index (χ0) is 22.3. The molecule has 0 aliphatic heterocycles. The highest BCUT2D eigenvalue weighted by Crippen LogP contribution is 2.38. The number of fused-ring (bicyclic) bond motifs is 1. The third-order valence-corrected chi connectivity index (χ3v) is 7.43. The topological polar surface area (TPSA) is 73.1 Å². The van der Waals surface area contributed by atoms with Crippen molar-refractivity contribution in [3.8, 4) is 0 Å². The van der Waals surface area contributed by atoms with Gasteiger partial charge in [0.05, 0.1) is 5.69 Å². The van der Waals surface area contributed by atoms with Crippen LogP contribution in [0, 0.1) is 13.8 Å². The molecular weight excluding hydrogens is 540 g/mol. The standard InChI is InChI=1S/C24H18Br2N2O2S/c1-12-18(11-19(29)14-3-7-16(25)8-4-14)13(2)28-24-20(12)21(27)23(31-24)22(30)15-5-9-17(26)10-6-15/h3-10H,11,27H2,1-2H3. The van der Waals surface area contributed by atoms with E-state index in [0.717, 1.165) is 31.2 Å². The minimum Gasteiger partial charge on any atom is -0.397 e. The molecule has 2 aromatic heterocycles. The monoisotopic (exact) mass is 556 g/mol. The van der Waals surface area contributed by atoms with Gasteiger partial charge in [0.15, 0.2) is 5.78 Å². The Kier molecular flexibility index (Phi) is 6.10. The molecule has 0 aliphatic carbocycles. The fraction of sp³-hybridized carbons (Fsp3) is 0.125. The highest BCUT2D eigenvalue weighted by molar-refractivity contribution is 9.10. The Balaban J connectivity index is 1.75. The molecule has 0 spiro atoms. The van der Waals surface area contributed by atoms with Crippen LogP contribution in [0.1, 0.15) is 42.4 Å². The molecule has 2 heterocycles. The van der Waals surface area contributed by atoms with Crippen molar-refractivity contribution in [1.29, 1.82) is 0 Å². The quantitative estimate of drug-likeness (QED) is 0.278. The average molecular weight is 558 g/mol. The summed E-state index contributed by atoms with van der Waals surface area (Å²) < 4.78 is 1.83. The van der Waals surface area contributed by atoms with E-state index in [9.17, 15) is 9.59 Å². The molecule has 0 saturated carbocycles. The molecular formula is C24H18Br2N2O2S. The molecule has 0 saturated heterocycles. The van der Waals surface area contributed by atoms with E-state index >= 15 is 0 Å². The SMILES string of the molecule is Cc1nc2sc(C(=O)c3ccc(Br)cc3)c(N)c2c(C)c1CC(=O)c1ccc(Br)cc1. The molecule has 0 fully saturated rings. The molecule has 4 rings (SSSR count). The van der Waals surface area contributed by atoms with Gasteiger partial charge in [-0.25, -0.2) is 4.98 Å². The first kappa shape index (κ1) is 21.9. The van der Waals surface area contributed by atoms with Crippen molar-refractivity contribution in [3.05, 3.63) is 90.3 Å². The number of pyridine rings is 1. The molecule has 31 heavy (non-hydrogen) atoms. The minimum atomic E-state index is -0.127. The van der Waals surface area contributed by atoms with Gasteiger partial charge >= 0.3 is 0 Å². The zero-order valence-corrected chi connectivity index (χ0v) is 20.8. The Morgan fingerprint density at radius 2 is 1.48 bits per heavy atom. The van der Waals surface area contributed by atoms with Crippen LogP contribution in [0.5, 0.6) is 0 Å². The van der Waals surface area contributed by atoms with Gasteiger partial charge in [0.25, 0.3) is 0 Å². The smallest absolute Gasteiger partial charge is 0.205 e. The van der Waals surface area contributed by atoms with E-state index in [-0.39, 0.29) is 18.0 Å². The Hall–Kier alpha value is -2.35. The van der Waals surface area contributed by atoms with E-state index < -0.39 is 0 Å². The van der Waals surface area contributed by atoms with E-state index in [4.69, 9.17) is 5.73 Å². The molecule has 0 aliphatic rings. The van der Waals surface area contributed by atoms with Crippen molar-refractivity contribution in [2.24, 2.45) is 0 Å². The van der Waals surface area contributed by atoms with Crippen molar-refractivity contribution in [3.63, 3.8) is 0 Å². The number of Topliss-reactive ketones (excluding diaryl/α,β-unsaturated/α-hetero) is 1. The third kappa shape index (κ3) is 4.22. The Bertz CT molecular complexity index is 1330. The highest BCUT2D eigenvalue weighted by atomic mass is 79.9. The number of nitrogens with two attached hydrogens (primary N) is 1. The second-order valence-electron chi connectivity index (χ2n) is 7.27. The Morgan fingerprint density at radius 3 is 2.06 bits per heavy atom. The maximum atomic E-state index is 13.0. The molecule has 2 aromatic carbocycles. The number of anilines is 1. The number of thiophene rings is 1. The predicted octanol–water partition coefficient (Wildman–Crippen LogP) is 6.68. The summed E-state index contributed by atoms with van der Waals surface area (Å²) in [6, 6.07) is 14.5. The molecule has 2 N–H and O–H groups in total. The number of aromatic nitrogens is 1. The van der Waals surface area contributed by atoms with Gasteiger partial charge in [-0.2, -0.15) is 0 Å². The second-order valence-corrected chi connectivity index (χ2v) is 10.1. The van der Waals surface area contributed by atoms with Crippen LogP contribution in [0.15, 0.2) is 57.5 Å². The van der Waals surface area contributed by atoms with Crippen LogP contribution in [-0.2, 0) is 6.42 Å². The van der Waals surface area contributed by atoms with Crippen molar-refractivity contribution in [2.75, 3.05) is 5.73 Å². The van der Waals surface area contributed by atoms with E-state index in [1.54, 1.807) is 24.3 Å². The van der Waals surface area contributed by atoms with Crippen LogP contribution in [0.25, 0.3) is 10.2 Å². The van der Waals surface area contributed by atoms with Crippen molar-refractivity contribution >= 4 is 70.7 Å². The van der Waals surface area contributed by atoms with E-state index in [1.165, 1.54) is 11.3 Å². The van der Waals surface area contributed by atoms with Gasteiger partial charge in [0.2, 0.25) is 5.78 Å². The van der Waals surface area contributed by atoms with E-state index in [1.807, 2.05) is 38.1 Å². The summed E-state index contributed by atoms with van der Waals surface area (Å²) >= 11 is 8.07. The van der Waals surface area contributed by atoms with Crippen LogP contribution >= 0.6 is 43.2 Å². The maximum absolute atomic E-state index is 13.0. The lowest BCUT2D eigenvalue weighted by atomic mass is 9.96. The number of ketones is 2. The highest BCUT2D eigenvalue weighted by Gasteiger charge is 2.23. The molecule has 0 amide bonds. The molecule has 156 valence electrons. The van der Waals surface area contributed by atoms with Gasteiger partial charge in [0.1, 0.15) is 9.71 Å². The van der Waals surface area contributed by atoms with Gasteiger partial charge in [0, 0.05) is 37.6 Å². The first-order chi connectivity index (χ1) is 14.8. The summed E-state index contributed by atoms with van der Waals surface area (Å²) in [6.07, 6.45) is 0.230. The van der Waals surface area contributed by atoms with Gasteiger partial charge < -0.3 is 5.73 Å². The first-order valence-corrected chi connectivity index (χ1v) is 11.9. The summed E-state index contributed by atoms with van der Waals surface area (Å²) in [7, 11) is 0. The second kappa shape index (κ2) is 8.65. The number of carbonyl (C=O) groups is 2. The number of hydrogen-bond donors (Lipinski definition) is 1. The zero-order valence-electron chi connectivity index (χ0n) is 16.8. The molecule has 0 bridgehead atoms. The van der Waals surface area contributed by atoms with Crippen LogP contribution in [0.4, 0.5) is 5.69 Å². The molecule has 0 radical (unpaired) electrons. The Morgan fingerprint density at radius 1 is 0.935 bits per heavy atom. The van der Waals surface area contributed by atoms with Gasteiger partial charge in [-0.3, -0.25) is 9.59 Å². The third-order valence-electron chi connectivity index (χ3n) is 5.28. The van der Waals surface area contributed by atoms with Crippen LogP contribution in [-0.4, -0.2) is 16.6 Å². The number of nitrogens with zero attached hydrogens (tertiary/aromatic N) is 1. The average Bonchev–Trinajstić information content (AvgIpc) is 3.07. The molecule has 7 heteroatoms. The van der Waals surface area contributed by atoms with Gasteiger partial charge in [-0.15, -0.1) is 11.3 Å². The maximum Gasteiger partial charge on any atom is 0.205 e. The lowest BCUT2D eigenvalue weighted by Gasteiger charge is -2.11. The fourth-order valence-corrected chi connectivity index (χ4v) is 5.27. The van der Waals surface area contributed by atoms with Crippen molar-refractivity contribution < 1.29 is 9.59 Å². The Labute approximate surface area is 200 Å². The summed E-state index contributed by atoms with van der Waals surface area (Å²) in [5, 5.41) is 0.759. The summed E-state index contributed by atoms with van der Waals surface area (Å²) in [6.45, 7) is 3.83. The number of benzene rings is 2. The lowest BCUT2D eigenvalue weighted by molar-refractivity contribution is 0.0991. The number of aryl methyl sites for hydroxylation is 2. The molecule has 4 aromatic rings. The van der Waals surface area contributed by atoms with E-state index in [0.29, 0.717) is 26.5 Å². The predicted molar refractivity (Wildman–Crippen MR) is 133 cm³/mol. The fourth-order valence-electron chi connectivity index (χ4n) is 3.57. The van der Waals surface area contributed by atoms with Crippen LogP contribution in [0.2, 0.25) is 0 Å². The number of carbonyl (C=O) groups excluding carboxylic acids is 2. The minimum absolute atomic E-state index is 0.0137. The summed E-state index contributed by atoms with van der Waals surface area (Å²) in [5.74, 6) is -0.114. The largest absolute Gasteiger partial charge is 0.397 e. The molecule has 0 unspecified atom stereocenters. The summed E-state index contributed by atoms with van der Waals surface area (Å²) in [5.41, 5.74) is 10.6. The van der Waals surface area contributed by atoms with Crippen LogP contribution < -0.4 is 5.73 Å².